The maximum Gasteiger partial charge on any atom is 0.319 e. The average Bonchev–Trinajstić information content (AvgIpc) is 2.88. The summed E-state index contributed by atoms with van der Waals surface area (Å²) in [5.74, 6) is -4.31. The smallest absolute Gasteiger partial charge is 0.319 e. The lowest BCUT2D eigenvalue weighted by Crippen LogP contribution is -2.44. The minimum atomic E-state index is -1.31. The average molecular weight is 516 g/mol. The van der Waals surface area contributed by atoms with Crippen LogP contribution in [0.15, 0.2) is 59.1 Å². The van der Waals surface area contributed by atoms with E-state index in [0.29, 0.717) is 17.0 Å². The molecule has 2 aromatic rings. The van der Waals surface area contributed by atoms with Crippen molar-refractivity contribution in [3.05, 3.63) is 70.5 Å². The summed E-state index contributed by atoms with van der Waals surface area (Å²) in [5, 5.41) is 22.8. The molecule has 0 spiro atoms. The Hall–Kier alpha value is -3.88. The van der Waals surface area contributed by atoms with Crippen LogP contribution in [0.5, 0.6) is 5.75 Å². The first-order valence-electron chi connectivity index (χ1n) is 10.8. The molecule has 36 heavy (non-hydrogen) atoms. The number of aliphatic hydroxyl groups excluding tert-OH is 1. The number of nitriles is 1. The van der Waals surface area contributed by atoms with Gasteiger partial charge in [-0.2, -0.15) is 5.26 Å². The van der Waals surface area contributed by atoms with Gasteiger partial charge in [0.1, 0.15) is 17.5 Å². The number of amides is 2. The summed E-state index contributed by atoms with van der Waals surface area (Å²) >= 11 is 0.944. The zero-order valence-corrected chi connectivity index (χ0v) is 20.7. The van der Waals surface area contributed by atoms with E-state index in [1.807, 2.05) is 0 Å². The molecule has 3 rings (SSSR count). The molecule has 3 N–H and O–H groups in total. The number of allylic oxidation sites excluding steroid dienone is 1. The molecule has 1 aliphatic heterocycles. The van der Waals surface area contributed by atoms with Crippen molar-refractivity contribution in [2.75, 3.05) is 31.9 Å². The fourth-order valence-corrected chi connectivity index (χ4v) is 4.30. The van der Waals surface area contributed by atoms with E-state index >= 15 is 0 Å². The number of rotatable bonds is 7. The number of ether oxygens (including phenoxy) is 2. The summed E-state index contributed by atoms with van der Waals surface area (Å²) < 4.78 is 23.2. The van der Waals surface area contributed by atoms with Crippen LogP contribution in [-0.2, 0) is 19.1 Å². The van der Waals surface area contributed by atoms with Crippen molar-refractivity contribution in [3.63, 3.8) is 0 Å². The summed E-state index contributed by atoms with van der Waals surface area (Å²) in [5.41, 5.74) is 0.978. The number of aliphatic hydroxyl groups is 1. The summed E-state index contributed by atoms with van der Waals surface area (Å²) in [6.07, 6.45) is 0. The fourth-order valence-electron chi connectivity index (χ4n) is 3.45. The van der Waals surface area contributed by atoms with Crippen molar-refractivity contribution in [2.24, 2.45) is 5.92 Å². The molecular formula is C25H26FN3O6S. The Balaban J connectivity index is 0.00000145. The van der Waals surface area contributed by atoms with Gasteiger partial charge in [0.05, 0.1) is 36.6 Å². The number of carbonyl (C=O) groups is 3. The van der Waals surface area contributed by atoms with E-state index < -0.39 is 35.4 Å². The second-order valence-electron chi connectivity index (χ2n) is 7.22. The summed E-state index contributed by atoms with van der Waals surface area (Å²) in [6.45, 7) is 1.93. The van der Waals surface area contributed by atoms with Crippen LogP contribution in [0.25, 0.3) is 0 Å². The zero-order valence-electron chi connectivity index (χ0n) is 19.9. The van der Waals surface area contributed by atoms with Gasteiger partial charge in [0.2, 0.25) is 11.8 Å². The zero-order chi connectivity index (χ0) is 26.7. The standard InChI is InChI=1S/C23H20FN3O5S.C2H6O/c1-31-17-6-4-3-5-15(17)19-16(11-25)22(27-21(29)20(19)23(30)32-2)33-12-18(28)26-14-9-7-13(24)8-10-14;1-2-3/h3-10,19-20H,12H2,1-2H3,(H,26,28)(H,27,29);3H,2H2,1H3. The Kier molecular flexibility index (Phi) is 10.9. The lowest BCUT2D eigenvalue weighted by molar-refractivity contribution is -0.150. The SMILES string of the molecule is CCO.COC(=O)C1C(=O)NC(SCC(=O)Nc2ccc(F)cc2)=C(C#N)C1c1ccccc1OC. The van der Waals surface area contributed by atoms with E-state index in [4.69, 9.17) is 14.6 Å². The van der Waals surface area contributed by atoms with Crippen molar-refractivity contribution in [1.82, 2.24) is 5.32 Å². The molecule has 0 aromatic heterocycles. The molecule has 0 fully saturated rings. The number of methoxy groups -OCH3 is 2. The monoisotopic (exact) mass is 515 g/mol. The van der Waals surface area contributed by atoms with Crippen LogP contribution in [0.1, 0.15) is 18.4 Å². The fraction of sp³-hybridized carbons (Fsp3) is 0.280. The third-order valence-corrected chi connectivity index (χ3v) is 5.95. The van der Waals surface area contributed by atoms with Crippen LogP contribution in [-0.4, -0.2) is 49.5 Å². The van der Waals surface area contributed by atoms with Crippen molar-refractivity contribution in [2.45, 2.75) is 12.8 Å². The first kappa shape index (κ1) is 28.4. The number of carbonyl (C=O) groups excluding carboxylic acids is 3. The molecule has 2 atom stereocenters. The van der Waals surface area contributed by atoms with Crippen molar-refractivity contribution < 1.29 is 33.4 Å². The molecule has 2 amide bonds. The quantitative estimate of drug-likeness (QED) is 0.378. The van der Waals surface area contributed by atoms with Gasteiger partial charge in [-0.05, 0) is 37.3 Å². The van der Waals surface area contributed by atoms with Gasteiger partial charge in [-0.25, -0.2) is 4.39 Å². The summed E-state index contributed by atoms with van der Waals surface area (Å²) in [4.78, 5) is 37.7. The predicted molar refractivity (Wildman–Crippen MR) is 132 cm³/mol. The minimum Gasteiger partial charge on any atom is -0.496 e. The van der Waals surface area contributed by atoms with E-state index in [9.17, 15) is 24.0 Å². The number of anilines is 1. The minimum absolute atomic E-state index is 0.106. The van der Waals surface area contributed by atoms with Gasteiger partial charge in [-0.1, -0.05) is 30.0 Å². The molecule has 11 heteroatoms. The van der Waals surface area contributed by atoms with Crippen LogP contribution < -0.4 is 15.4 Å². The van der Waals surface area contributed by atoms with Gasteiger partial charge in [-0.15, -0.1) is 0 Å². The highest BCUT2D eigenvalue weighted by Gasteiger charge is 2.45. The van der Waals surface area contributed by atoms with Gasteiger partial charge in [0.15, 0.2) is 0 Å². The lowest BCUT2D eigenvalue weighted by atomic mass is 9.78. The molecule has 0 radical (unpaired) electrons. The number of hydrogen-bond donors (Lipinski definition) is 3. The van der Waals surface area contributed by atoms with Gasteiger partial charge < -0.3 is 25.2 Å². The summed E-state index contributed by atoms with van der Waals surface area (Å²) in [6, 6.07) is 14.1. The highest BCUT2D eigenvalue weighted by Crippen LogP contribution is 2.43. The number of benzene rings is 2. The third kappa shape index (κ3) is 7.07. The molecule has 9 nitrogen and oxygen atoms in total. The van der Waals surface area contributed by atoms with Crippen LogP contribution >= 0.6 is 11.8 Å². The maximum absolute atomic E-state index is 13.0. The number of nitrogens with zero attached hydrogens (tertiary/aromatic N) is 1. The van der Waals surface area contributed by atoms with Crippen molar-refractivity contribution >= 4 is 35.2 Å². The molecule has 1 heterocycles. The van der Waals surface area contributed by atoms with Gasteiger partial charge in [0, 0.05) is 23.8 Å². The van der Waals surface area contributed by atoms with E-state index in [1.54, 1.807) is 31.2 Å². The number of hydrogen-bond acceptors (Lipinski definition) is 8. The molecular weight excluding hydrogens is 489 g/mol. The van der Waals surface area contributed by atoms with Crippen LogP contribution in [0.3, 0.4) is 0 Å². The lowest BCUT2D eigenvalue weighted by Gasteiger charge is -2.31. The second-order valence-corrected chi connectivity index (χ2v) is 8.21. The molecule has 2 aromatic carbocycles. The molecule has 0 bridgehead atoms. The molecule has 0 saturated heterocycles. The van der Waals surface area contributed by atoms with Crippen LogP contribution in [0.4, 0.5) is 10.1 Å². The molecule has 190 valence electrons. The van der Waals surface area contributed by atoms with E-state index in [0.717, 1.165) is 18.9 Å². The first-order chi connectivity index (χ1) is 17.3. The van der Waals surface area contributed by atoms with Crippen LogP contribution in [0.2, 0.25) is 0 Å². The molecule has 1 aliphatic rings. The van der Waals surface area contributed by atoms with E-state index in [-0.39, 0.29) is 23.0 Å². The second kappa shape index (κ2) is 13.9. The number of halogens is 1. The van der Waals surface area contributed by atoms with Gasteiger partial charge in [0.25, 0.3) is 0 Å². The van der Waals surface area contributed by atoms with Crippen molar-refractivity contribution in [3.8, 4) is 11.8 Å². The van der Waals surface area contributed by atoms with E-state index in [2.05, 4.69) is 16.7 Å². The first-order valence-corrected chi connectivity index (χ1v) is 11.7. The number of thioether (sulfide) groups is 1. The number of para-hydroxylation sites is 1. The highest BCUT2D eigenvalue weighted by molar-refractivity contribution is 8.03. The third-order valence-electron chi connectivity index (χ3n) is 4.93. The predicted octanol–water partition coefficient (Wildman–Crippen LogP) is 2.94. The van der Waals surface area contributed by atoms with Crippen LogP contribution in [0, 0.1) is 23.1 Å². The van der Waals surface area contributed by atoms with Gasteiger partial charge >= 0.3 is 5.97 Å². The Labute approximate surface area is 212 Å². The Morgan fingerprint density at radius 3 is 2.42 bits per heavy atom. The Morgan fingerprint density at radius 1 is 1.19 bits per heavy atom. The highest BCUT2D eigenvalue weighted by atomic mass is 32.2. The molecule has 0 saturated carbocycles. The normalized spacial score (nSPS) is 16.6. The summed E-state index contributed by atoms with van der Waals surface area (Å²) in [7, 11) is 2.61. The topological polar surface area (TPSA) is 138 Å². The number of esters is 1. The molecule has 2 unspecified atom stereocenters. The largest absolute Gasteiger partial charge is 0.496 e. The number of nitrogens with one attached hydrogen (secondary N) is 2. The Morgan fingerprint density at radius 2 is 1.83 bits per heavy atom. The van der Waals surface area contributed by atoms with Crippen molar-refractivity contribution in [1.29, 1.82) is 5.26 Å². The van der Waals surface area contributed by atoms with Gasteiger partial charge in [-0.3, -0.25) is 14.4 Å². The maximum atomic E-state index is 13.0. The molecule has 0 aliphatic carbocycles. The van der Waals surface area contributed by atoms with E-state index in [1.165, 1.54) is 31.4 Å². The Bertz CT molecular complexity index is 1160.